The molecule has 160 valence electrons. The Morgan fingerprint density at radius 3 is 2.63 bits per heavy atom. The number of nitrogens with one attached hydrogen (secondary N) is 1. The second kappa shape index (κ2) is 8.79. The first-order chi connectivity index (χ1) is 14.2. The van der Waals surface area contributed by atoms with Crippen molar-refractivity contribution in [1.82, 2.24) is 14.7 Å². The minimum Gasteiger partial charge on any atom is -0.485 e. The van der Waals surface area contributed by atoms with Crippen molar-refractivity contribution in [3.05, 3.63) is 65.1 Å². The molecular formula is C22H25F2N3O3. The second-order valence-electron chi connectivity index (χ2n) is 7.43. The fourth-order valence-electron chi connectivity index (χ4n) is 3.25. The minimum atomic E-state index is -1.35. The summed E-state index contributed by atoms with van der Waals surface area (Å²) < 4.78 is 34.9. The lowest BCUT2D eigenvalue weighted by molar-refractivity contribution is 0.0143. The lowest BCUT2D eigenvalue weighted by Gasteiger charge is -2.24. The Morgan fingerprint density at radius 2 is 1.97 bits per heavy atom. The van der Waals surface area contributed by atoms with E-state index in [1.54, 1.807) is 32.2 Å². The van der Waals surface area contributed by atoms with Crippen LogP contribution < -0.4 is 10.1 Å². The molecular weight excluding hydrogens is 392 g/mol. The highest BCUT2D eigenvalue weighted by molar-refractivity contribution is 5.95. The summed E-state index contributed by atoms with van der Waals surface area (Å²) in [5.74, 6) is -1.59. The highest BCUT2D eigenvalue weighted by Gasteiger charge is 2.26. The number of rotatable bonds is 8. The van der Waals surface area contributed by atoms with Crippen LogP contribution in [0.1, 0.15) is 54.9 Å². The summed E-state index contributed by atoms with van der Waals surface area (Å²) in [4.78, 5) is 17.2. The number of unbranched alkanes of at least 4 members (excludes halogenated alkanes) is 1. The third-order valence-electron chi connectivity index (χ3n) is 4.84. The number of fused-ring (bicyclic) bond motifs is 1. The molecule has 0 unspecified atom stereocenters. The molecule has 0 aliphatic rings. The van der Waals surface area contributed by atoms with Crippen molar-refractivity contribution >= 4 is 11.6 Å². The predicted octanol–water partition coefficient (Wildman–Crippen LogP) is 4.13. The monoisotopic (exact) mass is 417 g/mol. The first kappa shape index (κ1) is 21.7. The van der Waals surface area contributed by atoms with E-state index in [2.05, 4.69) is 10.3 Å². The number of benzene rings is 1. The molecule has 0 bridgehead atoms. The van der Waals surface area contributed by atoms with Crippen LogP contribution in [0.3, 0.4) is 0 Å². The van der Waals surface area contributed by atoms with Crippen LogP contribution in [-0.2, 0) is 6.61 Å². The van der Waals surface area contributed by atoms with Crippen LogP contribution in [0.5, 0.6) is 5.75 Å². The number of hydrogen-bond acceptors (Lipinski definition) is 4. The average molecular weight is 417 g/mol. The van der Waals surface area contributed by atoms with E-state index in [4.69, 9.17) is 4.74 Å². The number of carbonyl (C=O) groups excluding carboxylic acids is 1. The number of aryl methyl sites for hydroxylation is 1. The Bertz CT molecular complexity index is 1040. The quantitative estimate of drug-likeness (QED) is 0.541. The number of amides is 1. The first-order valence-electron chi connectivity index (χ1n) is 9.81. The van der Waals surface area contributed by atoms with E-state index in [1.165, 1.54) is 10.5 Å². The molecule has 8 heteroatoms. The molecule has 2 N–H and O–H groups in total. The van der Waals surface area contributed by atoms with E-state index >= 15 is 0 Å². The van der Waals surface area contributed by atoms with Gasteiger partial charge in [-0.15, -0.1) is 0 Å². The number of nitrogens with zero attached hydrogens (tertiary/aromatic N) is 2. The lowest BCUT2D eigenvalue weighted by atomic mass is 10.1. The molecule has 0 fully saturated rings. The number of hydrogen-bond donors (Lipinski definition) is 2. The third kappa shape index (κ3) is 4.59. The van der Waals surface area contributed by atoms with Crippen molar-refractivity contribution in [1.29, 1.82) is 0 Å². The molecule has 30 heavy (non-hydrogen) atoms. The molecule has 0 spiro atoms. The van der Waals surface area contributed by atoms with Crippen LogP contribution in [-0.4, -0.2) is 26.1 Å². The average Bonchev–Trinajstić information content (AvgIpc) is 3.02. The summed E-state index contributed by atoms with van der Waals surface area (Å²) >= 11 is 0. The lowest BCUT2D eigenvalue weighted by Crippen LogP contribution is -2.46. The summed E-state index contributed by atoms with van der Waals surface area (Å²) in [7, 11) is 0. The Balaban J connectivity index is 1.87. The molecule has 1 amide bonds. The molecule has 0 radical (unpaired) electrons. The van der Waals surface area contributed by atoms with Crippen LogP contribution in [0, 0.1) is 18.6 Å². The van der Waals surface area contributed by atoms with Crippen LogP contribution in [0.2, 0.25) is 0 Å². The molecule has 0 aliphatic carbocycles. The van der Waals surface area contributed by atoms with Gasteiger partial charge in [-0.1, -0.05) is 19.4 Å². The predicted molar refractivity (Wildman–Crippen MR) is 108 cm³/mol. The van der Waals surface area contributed by atoms with Crippen LogP contribution in [0.15, 0.2) is 36.5 Å². The van der Waals surface area contributed by atoms with E-state index in [9.17, 15) is 18.7 Å². The van der Waals surface area contributed by atoms with E-state index in [1.807, 2.05) is 6.92 Å². The SMILES string of the molecule is CCCC[C@@](C)(O)NC(=O)c1c(C)nc2c(OCc3c(F)cccc3F)cccn12. The molecule has 1 aromatic carbocycles. The maximum Gasteiger partial charge on any atom is 0.272 e. The van der Waals surface area contributed by atoms with Crippen LogP contribution in [0.25, 0.3) is 5.65 Å². The summed E-state index contributed by atoms with van der Waals surface area (Å²) in [6.45, 7) is 4.90. The number of carbonyl (C=O) groups is 1. The maximum absolute atomic E-state index is 13.9. The maximum atomic E-state index is 13.9. The highest BCUT2D eigenvalue weighted by atomic mass is 19.1. The standard InChI is InChI=1S/C22H25F2N3O3/c1-4-5-11-22(3,29)26-21(28)19-14(2)25-20-18(10-7-12-27(19)20)30-13-15-16(23)8-6-9-17(15)24/h6-10,12,29H,4-5,11,13H2,1-3H3,(H,26,28)/t22-/m1/s1. The number of imidazole rings is 1. The minimum absolute atomic E-state index is 0.187. The van der Waals surface area contributed by atoms with Gasteiger partial charge in [0.1, 0.15) is 29.7 Å². The van der Waals surface area contributed by atoms with E-state index in [0.29, 0.717) is 17.8 Å². The van der Waals surface area contributed by atoms with Gasteiger partial charge in [0.05, 0.1) is 11.3 Å². The van der Waals surface area contributed by atoms with Gasteiger partial charge in [0.15, 0.2) is 11.4 Å². The van der Waals surface area contributed by atoms with E-state index in [0.717, 1.165) is 25.0 Å². The number of halogens is 2. The van der Waals surface area contributed by atoms with Crippen LogP contribution in [0.4, 0.5) is 8.78 Å². The van der Waals surface area contributed by atoms with Crippen molar-refractivity contribution in [2.24, 2.45) is 0 Å². The van der Waals surface area contributed by atoms with Crippen LogP contribution >= 0.6 is 0 Å². The third-order valence-corrected chi connectivity index (χ3v) is 4.84. The first-order valence-corrected chi connectivity index (χ1v) is 9.81. The molecule has 6 nitrogen and oxygen atoms in total. The molecule has 3 aromatic rings. The van der Waals surface area contributed by atoms with Crippen molar-refractivity contribution in [2.75, 3.05) is 0 Å². The second-order valence-corrected chi connectivity index (χ2v) is 7.43. The summed E-state index contributed by atoms with van der Waals surface area (Å²) in [6.07, 6.45) is 3.73. The summed E-state index contributed by atoms with van der Waals surface area (Å²) in [5.41, 5.74) is -0.505. The van der Waals surface area contributed by atoms with Crippen molar-refractivity contribution < 1.29 is 23.4 Å². The summed E-state index contributed by atoms with van der Waals surface area (Å²) in [6, 6.07) is 6.86. The van der Waals surface area contributed by atoms with Crippen molar-refractivity contribution in [3.63, 3.8) is 0 Å². The number of pyridine rings is 1. The number of aliphatic hydroxyl groups is 1. The topological polar surface area (TPSA) is 75.9 Å². The number of aromatic nitrogens is 2. The fraction of sp³-hybridized carbons (Fsp3) is 0.364. The zero-order valence-electron chi connectivity index (χ0n) is 17.2. The molecule has 3 rings (SSSR count). The van der Waals surface area contributed by atoms with Gasteiger partial charge in [0.2, 0.25) is 0 Å². The smallest absolute Gasteiger partial charge is 0.272 e. The Labute approximate surface area is 173 Å². The van der Waals surface area contributed by atoms with Gasteiger partial charge in [-0.3, -0.25) is 9.20 Å². The van der Waals surface area contributed by atoms with Gasteiger partial charge in [-0.25, -0.2) is 13.8 Å². The van der Waals surface area contributed by atoms with E-state index in [-0.39, 0.29) is 23.6 Å². The molecule has 1 atom stereocenters. The molecule has 0 saturated heterocycles. The molecule has 2 heterocycles. The van der Waals surface area contributed by atoms with E-state index < -0.39 is 23.3 Å². The van der Waals surface area contributed by atoms with Gasteiger partial charge in [-0.05, 0) is 51.0 Å². The van der Waals surface area contributed by atoms with Gasteiger partial charge in [-0.2, -0.15) is 0 Å². The van der Waals surface area contributed by atoms with Crippen molar-refractivity contribution in [2.45, 2.75) is 52.4 Å². The Hall–Kier alpha value is -3.00. The summed E-state index contributed by atoms with van der Waals surface area (Å²) in [5, 5.41) is 13.1. The normalized spacial score (nSPS) is 13.3. The largest absolute Gasteiger partial charge is 0.485 e. The van der Waals surface area contributed by atoms with Gasteiger partial charge < -0.3 is 15.2 Å². The molecule has 2 aromatic heterocycles. The fourth-order valence-corrected chi connectivity index (χ4v) is 3.25. The van der Waals surface area contributed by atoms with Gasteiger partial charge in [0, 0.05) is 6.20 Å². The molecule has 0 aliphatic heterocycles. The van der Waals surface area contributed by atoms with Crippen molar-refractivity contribution in [3.8, 4) is 5.75 Å². The number of ether oxygens (including phenoxy) is 1. The Morgan fingerprint density at radius 1 is 1.27 bits per heavy atom. The zero-order chi connectivity index (χ0) is 21.9. The zero-order valence-corrected chi connectivity index (χ0v) is 17.2. The highest BCUT2D eigenvalue weighted by Crippen LogP contribution is 2.24. The van der Waals surface area contributed by atoms with Gasteiger partial charge in [0.25, 0.3) is 5.91 Å². The molecule has 0 saturated carbocycles. The Kier molecular flexibility index (Phi) is 6.36. The van der Waals surface area contributed by atoms with Gasteiger partial charge >= 0.3 is 0 Å².